The summed E-state index contributed by atoms with van der Waals surface area (Å²) in [7, 11) is -1.33. The van der Waals surface area contributed by atoms with Crippen molar-refractivity contribution < 1.29 is 22.2 Å². The van der Waals surface area contributed by atoms with E-state index in [1.807, 2.05) is 20.8 Å². The third kappa shape index (κ3) is 6.21. The molecule has 2 unspecified atom stereocenters. The first kappa shape index (κ1) is 23.7. The first-order chi connectivity index (χ1) is 13.2. The van der Waals surface area contributed by atoms with Gasteiger partial charge in [-0.05, 0) is 59.8 Å². The number of rotatable bonds is 6. The highest BCUT2D eigenvalue weighted by atomic mass is 32.2. The summed E-state index contributed by atoms with van der Waals surface area (Å²) in [5.41, 5.74) is -0.0878. The Morgan fingerprint density at radius 1 is 1.31 bits per heavy atom. The zero-order chi connectivity index (χ0) is 22.0. The number of alkyl halides is 3. The van der Waals surface area contributed by atoms with Crippen molar-refractivity contribution in [3.05, 3.63) is 24.3 Å². The number of carbonyl (C=O) groups excluding carboxylic acids is 1. The molecule has 1 amide bonds. The van der Waals surface area contributed by atoms with Gasteiger partial charge in [-0.15, -0.1) is 0 Å². The molecule has 2 heterocycles. The van der Waals surface area contributed by atoms with Crippen LogP contribution in [0, 0.1) is 5.92 Å². The predicted octanol–water partition coefficient (Wildman–Crippen LogP) is 3.54. The third-order valence-electron chi connectivity index (χ3n) is 5.10. The van der Waals surface area contributed by atoms with E-state index in [0.29, 0.717) is 19.3 Å². The van der Waals surface area contributed by atoms with Crippen LogP contribution in [0.5, 0.6) is 0 Å². The quantitative estimate of drug-likeness (QED) is 0.743. The summed E-state index contributed by atoms with van der Waals surface area (Å²) in [6.07, 6.45) is 1.42. The maximum absolute atomic E-state index is 12.9. The van der Waals surface area contributed by atoms with Crippen LogP contribution in [0.3, 0.4) is 0 Å². The monoisotopic (exact) mass is 434 g/mol. The van der Waals surface area contributed by atoms with Gasteiger partial charge >= 0.3 is 12.1 Å². The van der Waals surface area contributed by atoms with Gasteiger partial charge in [-0.25, -0.2) is 18.9 Å². The minimum atomic E-state index is -4.87. The van der Waals surface area contributed by atoms with Gasteiger partial charge in [0.25, 0.3) is 0 Å². The van der Waals surface area contributed by atoms with Crippen LogP contribution in [0.4, 0.5) is 13.2 Å². The Hall–Kier alpha value is -1.55. The maximum Gasteiger partial charge on any atom is 0.471 e. The number of hydrogen-bond donors (Lipinski definition) is 1. The normalized spacial score (nSPS) is 21.8. The van der Waals surface area contributed by atoms with Gasteiger partial charge in [0.1, 0.15) is 6.33 Å². The van der Waals surface area contributed by atoms with E-state index >= 15 is 0 Å². The van der Waals surface area contributed by atoms with Gasteiger partial charge in [0.2, 0.25) is 0 Å². The Bertz CT molecular complexity index is 735. The van der Waals surface area contributed by atoms with E-state index < -0.39 is 33.4 Å². The molecule has 10 heteroatoms. The fraction of sp³-hybridized carbons (Fsp3) is 0.737. The van der Waals surface area contributed by atoms with E-state index in [9.17, 15) is 22.2 Å². The zero-order valence-electron chi connectivity index (χ0n) is 17.4. The summed E-state index contributed by atoms with van der Waals surface area (Å²) in [6, 6.07) is -0.299. The molecule has 1 fully saturated rings. The highest BCUT2D eigenvalue weighted by molar-refractivity contribution is 7.84. The van der Waals surface area contributed by atoms with Gasteiger partial charge < -0.3 is 4.90 Å². The second kappa shape index (κ2) is 8.67. The summed E-state index contributed by atoms with van der Waals surface area (Å²) in [5.74, 6) is -1.86. The van der Waals surface area contributed by atoms with Crippen LogP contribution in [0.25, 0.3) is 0 Å². The number of aromatic nitrogens is 2. The molecule has 0 aliphatic carbocycles. The summed E-state index contributed by atoms with van der Waals surface area (Å²) in [6.45, 7) is 8.95. The van der Waals surface area contributed by atoms with Crippen LogP contribution < -0.4 is 4.72 Å². The summed E-state index contributed by atoms with van der Waals surface area (Å²) in [4.78, 5) is 20.7. The van der Waals surface area contributed by atoms with E-state index in [4.69, 9.17) is 0 Å². The van der Waals surface area contributed by atoms with Crippen molar-refractivity contribution >= 4 is 16.9 Å². The molecule has 0 aromatic carbocycles. The van der Waals surface area contributed by atoms with E-state index in [1.165, 1.54) is 6.33 Å². The molecule has 0 bridgehead atoms. The number of likely N-dealkylation sites (tertiary alicyclic amines) is 1. The van der Waals surface area contributed by atoms with Crippen molar-refractivity contribution in [1.29, 1.82) is 0 Å². The topological polar surface area (TPSA) is 75.2 Å². The zero-order valence-corrected chi connectivity index (χ0v) is 18.2. The molecule has 0 saturated carbocycles. The summed E-state index contributed by atoms with van der Waals surface area (Å²) in [5, 5.41) is 0. The lowest BCUT2D eigenvalue weighted by molar-refractivity contribution is -0.188. The average Bonchev–Trinajstić information content (AvgIpc) is 2.91. The number of nitrogens with zero attached hydrogens (tertiary/aromatic N) is 3. The molecule has 164 valence electrons. The minimum Gasteiger partial charge on any atom is -0.329 e. The van der Waals surface area contributed by atoms with E-state index in [1.54, 1.807) is 26.2 Å². The molecule has 29 heavy (non-hydrogen) atoms. The second-order valence-electron chi connectivity index (χ2n) is 9.10. The van der Waals surface area contributed by atoms with Gasteiger partial charge in [0.15, 0.2) is 0 Å². The molecule has 1 aliphatic heterocycles. The smallest absolute Gasteiger partial charge is 0.329 e. The fourth-order valence-electron chi connectivity index (χ4n) is 3.58. The number of carbonyl (C=O) groups is 1. The van der Waals surface area contributed by atoms with Gasteiger partial charge in [-0.2, -0.15) is 13.2 Å². The molecule has 1 aromatic heterocycles. The van der Waals surface area contributed by atoms with Crippen molar-refractivity contribution in [3.8, 4) is 0 Å². The van der Waals surface area contributed by atoms with Gasteiger partial charge in [0.05, 0.1) is 15.7 Å². The van der Waals surface area contributed by atoms with Crippen LogP contribution >= 0.6 is 0 Å². The van der Waals surface area contributed by atoms with Gasteiger partial charge in [0, 0.05) is 36.1 Å². The largest absolute Gasteiger partial charge is 0.471 e. The molecule has 6 nitrogen and oxygen atoms in total. The SMILES string of the molecule is CC1(C)C[C@H](CCC(NS(=O)C(C)(C)C)c2cncnc2)CN1C(=O)C(F)(F)F. The first-order valence-corrected chi connectivity index (χ1v) is 10.7. The molecule has 3 atom stereocenters. The first-order valence-electron chi connectivity index (χ1n) is 9.53. The second-order valence-corrected chi connectivity index (χ2v) is 11.1. The molecule has 2 rings (SSSR count). The van der Waals surface area contributed by atoms with E-state index in [-0.39, 0.29) is 18.5 Å². The Balaban J connectivity index is 2.09. The molecule has 1 saturated heterocycles. The Morgan fingerprint density at radius 2 is 1.90 bits per heavy atom. The van der Waals surface area contributed by atoms with E-state index in [2.05, 4.69) is 14.7 Å². The lowest BCUT2D eigenvalue weighted by atomic mass is 9.91. The minimum absolute atomic E-state index is 0.0612. The van der Waals surface area contributed by atoms with Crippen LogP contribution in [-0.2, 0) is 15.8 Å². The van der Waals surface area contributed by atoms with Gasteiger partial charge in [-0.3, -0.25) is 4.79 Å². The molecule has 1 N–H and O–H groups in total. The van der Waals surface area contributed by atoms with Crippen LogP contribution in [-0.4, -0.2) is 48.0 Å². The van der Waals surface area contributed by atoms with Gasteiger partial charge in [-0.1, -0.05) is 0 Å². The predicted molar refractivity (Wildman–Crippen MR) is 105 cm³/mol. The number of halogens is 3. The molecular formula is C19H29F3N4O2S. The highest BCUT2D eigenvalue weighted by Crippen LogP contribution is 2.38. The average molecular weight is 435 g/mol. The number of hydrogen-bond acceptors (Lipinski definition) is 4. The lowest BCUT2D eigenvalue weighted by Gasteiger charge is -2.31. The Morgan fingerprint density at radius 3 is 2.41 bits per heavy atom. The Labute approximate surface area is 172 Å². The molecule has 0 spiro atoms. The standard InChI is InChI=1S/C19H29F3N4O2S/c1-17(2,3)29(28)25-15(14-9-23-12-24-10-14)7-6-13-8-18(4,5)26(11-13)16(27)19(20,21)22/h9-10,12-13,15,25H,6-8,11H2,1-5H3/t13-,15?,29?/m0/s1. The summed E-state index contributed by atoms with van der Waals surface area (Å²) < 4.78 is 54.0. The molecule has 1 aromatic rings. The third-order valence-corrected chi connectivity index (χ3v) is 6.71. The number of nitrogens with one attached hydrogen (secondary N) is 1. The molecule has 0 radical (unpaired) electrons. The highest BCUT2D eigenvalue weighted by Gasteiger charge is 2.50. The van der Waals surface area contributed by atoms with Crippen molar-refractivity contribution in [2.45, 2.75) is 76.4 Å². The Kier molecular flexibility index (Phi) is 7.09. The van der Waals surface area contributed by atoms with Crippen LogP contribution in [0.1, 0.15) is 65.5 Å². The molecule has 1 aliphatic rings. The van der Waals surface area contributed by atoms with Crippen molar-refractivity contribution in [1.82, 2.24) is 19.6 Å². The van der Waals surface area contributed by atoms with Crippen LogP contribution in [0.2, 0.25) is 0 Å². The van der Waals surface area contributed by atoms with Crippen molar-refractivity contribution in [2.75, 3.05) is 6.54 Å². The van der Waals surface area contributed by atoms with Crippen molar-refractivity contribution in [3.63, 3.8) is 0 Å². The summed E-state index contributed by atoms with van der Waals surface area (Å²) >= 11 is 0. The van der Waals surface area contributed by atoms with Crippen molar-refractivity contribution in [2.24, 2.45) is 5.92 Å². The number of amides is 1. The maximum atomic E-state index is 12.9. The van der Waals surface area contributed by atoms with Crippen LogP contribution in [0.15, 0.2) is 18.7 Å². The lowest BCUT2D eigenvalue weighted by Crippen LogP contribution is -2.48. The molecular weight excluding hydrogens is 405 g/mol. The fourth-order valence-corrected chi connectivity index (χ4v) is 4.45. The van der Waals surface area contributed by atoms with E-state index in [0.717, 1.165) is 10.5 Å².